The van der Waals surface area contributed by atoms with Crippen LogP contribution in [-0.4, -0.2) is 29.0 Å². The van der Waals surface area contributed by atoms with Gasteiger partial charge in [-0.3, -0.25) is 15.0 Å². The van der Waals surface area contributed by atoms with E-state index >= 15 is 0 Å². The molecule has 2 atom stereocenters. The van der Waals surface area contributed by atoms with Gasteiger partial charge in [0.15, 0.2) is 0 Å². The first-order valence-electron chi connectivity index (χ1n) is 6.83. The van der Waals surface area contributed by atoms with Crippen molar-refractivity contribution in [2.45, 2.75) is 38.8 Å². The lowest BCUT2D eigenvalue weighted by atomic mass is 10.0. The topological polar surface area (TPSA) is 85.5 Å². The van der Waals surface area contributed by atoms with Crippen molar-refractivity contribution >= 4 is 5.88 Å². The number of rotatable bonds is 6. The van der Waals surface area contributed by atoms with Gasteiger partial charge in [0.2, 0.25) is 0 Å². The molecule has 0 radical (unpaired) electrons. The maximum absolute atomic E-state index is 10.6. The molecule has 0 aliphatic heterocycles. The first-order valence-corrected chi connectivity index (χ1v) is 6.83. The van der Waals surface area contributed by atoms with Crippen molar-refractivity contribution in [2.75, 3.05) is 13.1 Å². The Morgan fingerprint density at radius 2 is 2.32 bits per heavy atom. The van der Waals surface area contributed by atoms with Crippen molar-refractivity contribution < 1.29 is 9.34 Å². The highest BCUT2D eigenvalue weighted by atomic mass is 16.6. The Bertz CT molecular complexity index is 433. The molecule has 0 saturated heterocycles. The van der Waals surface area contributed by atoms with Crippen molar-refractivity contribution in [1.29, 1.82) is 0 Å². The molecule has 6 heteroatoms. The zero-order valence-electron chi connectivity index (χ0n) is 11.2. The van der Waals surface area contributed by atoms with Crippen LogP contribution < -0.4 is 5.73 Å². The lowest BCUT2D eigenvalue weighted by Crippen LogP contribution is -2.39. The summed E-state index contributed by atoms with van der Waals surface area (Å²) in [6.07, 6.45) is 3.54. The molecule has 2 unspecified atom stereocenters. The quantitative estimate of drug-likeness (QED) is 0.630. The van der Waals surface area contributed by atoms with Crippen molar-refractivity contribution in [3.05, 3.63) is 28.0 Å². The number of nitro groups is 1. The van der Waals surface area contributed by atoms with Crippen molar-refractivity contribution in [2.24, 2.45) is 11.7 Å². The van der Waals surface area contributed by atoms with Crippen molar-refractivity contribution in [3.63, 3.8) is 0 Å². The maximum Gasteiger partial charge on any atom is 0.433 e. The van der Waals surface area contributed by atoms with Crippen LogP contribution in [0.2, 0.25) is 0 Å². The predicted octanol–water partition coefficient (Wildman–Crippen LogP) is 2.14. The van der Waals surface area contributed by atoms with Gasteiger partial charge in [-0.15, -0.1) is 0 Å². The Labute approximate surface area is 112 Å². The molecule has 2 N–H and O–H groups in total. The van der Waals surface area contributed by atoms with Crippen LogP contribution in [0.25, 0.3) is 0 Å². The minimum atomic E-state index is -0.502. The van der Waals surface area contributed by atoms with Gasteiger partial charge < -0.3 is 10.2 Å². The second kappa shape index (κ2) is 6.16. The van der Waals surface area contributed by atoms with Gasteiger partial charge in [0.05, 0.1) is 12.6 Å². The molecule has 0 spiro atoms. The van der Waals surface area contributed by atoms with E-state index in [2.05, 4.69) is 11.8 Å². The molecule has 1 fully saturated rings. The summed E-state index contributed by atoms with van der Waals surface area (Å²) in [5, 5.41) is 10.6. The molecule has 0 bridgehead atoms. The number of furan rings is 1. The molecule has 1 aromatic heterocycles. The van der Waals surface area contributed by atoms with E-state index < -0.39 is 4.92 Å². The molecule has 1 heterocycles. The summed E-state index contributed by atoms with van der Waals surface area (Å²) in [7, 11) is 0. The van der Waals surface area contributed by atoms with Gasteiger partial charge in [-0.1, -0.05) is 13.3 Å². The van der Waals surface area contributed by atoms with E-state index in [1.807, 2.05) is 0 Å². The van der Waals surface area contributed by atoms with Gasteiger partial charge in [-0.05, 0) is 37.9 Å². The molecule has 106 valence electrons. The highest BCUT2D eigenvalue weighted by molar-refractivity contribution is 5.17. The third-order valence-corrected chi connectivity index (χ3v) is 3.98. The molecule has 19 heavy (non-hydrogen) atoms. The molecule has 1 aromatic rings. The third kappa shape index (κ3) is 3.13. The van der Waals surface area contributed by atoms with E-state index in [0.717, 1.165) is 13.0 Å². The average molecular weight is 267 g/mol. The van der Waals surface area contributed by atoms with Gasteiger partial charge in [0.25, 0.3) is 0 Å². The van der Waals surface area contributed by atoms with Crippen LogP contribution in [0.4, 0.5) is 5.88 Å². The van der Waals surface area contributed by atoms with Crippen LogP contribution in [0.15, 0.2) is 16.5 Å². The smallest absolute Gasteiger partial charge is 0.404 e. The van der Waals surface area contributed by atoms with Gasteiger partial charge in [0, 0.05) is 6.04 Å². The molecule has 0 amide bonds. The predicted molar refractivity (Wildman–Crippen MR) is 71.6 cm³/mol. The van der Waals surface area contributed by atoms with Crippen LogP contribution in [0.3, 0.4) is 0 Å². The molecule has 0 aromatic carbocycles. The number of hydrogen-bond acceptors (Lipinski definition) is 5. The van der Waals surface area contributed by atoms with Gasteiger partial charge >= 0.3 is 5.88 Å². The molecular weight excluding hydrogens is 246 g/mol. The second-order valence-corrected chi connectivity index (χ2v) is 5.05. The molecule has 1 aliphatic rings. The van der Waals surface area contributed by atoms with E-state index in [1.54, 1.807) is 6.07 Å². The Hall–Kier alpha value is -1.40. The summed E-state index contributed by atoms with van der Waals surface area (Å²) < 4.78 is 5.23. The zero-order valence-corrected chi connectivity index (χ0v) is 11.2. The fourth-order valence-corrected chi connectivity index (χ4v) is 2.99. The van der Waals surface area contributed by atoms with Crippen LogP contribution in [0, 0.1) is 16.0 Å². The van der Waals surface area contributed by atoms with Crippen LogP contribution in [0.5, 0.6) is 0 Å². The molecule has 6 nitrogen and oxygen atoms in total. The van der Waals surface area contributed by atoms with E-state index in [9.17, 15) is 10.1 Å². The SMILES string of the molecule is CCN(Cc1ccc([N+](=O)[O-])o1)C1CCCC1CN. The molecule has 1 saturated carbocycles. The lowest BCUT2D eigenvalue weighted by Gasteiger charge is -2.30. The van der Waals surface area contributed by atoms with Crippen LogP contribution in [0.1, 0.15) is 31.9 Å². The summed E-state index contributed by atoms with van der Waals surface area (Å²) in [6.45, 7) is 4.32. The summed E-state index contributed by atoms with van der Waals surface area (Å²) in [5.41, 5.74) is 5.81. The average Bonchev–Trinajstić information content (AvgIpc) is 3.04. The van der Waals surface area contributed by atoms with E-state index in [1.165, 1.54) is 18.9 Å². The summed E-state index contributed by atoms with van der Waals surface area (Å²) in [4.78, 5) is 12.4. The summed E-state index contributed by atoms with van der Waals surface area (Å²) in [6, 6.07) is 3.57. The summed E-state index contributed by atoms with van der Waals surface area (Å²) >= 11 is 0. The maximum atomic E-state index is 10.6. The Balaban J connectivity index is 2.03. The fourth-order valence-electron chi connectivity index (χ4n) is 2.99. The molecular formula is C13H21N3O3. The molecule has 2 rings (SSSR count). The standard InChI is InChI=1S/C13H21N3O3/c1-2-15(12-5-3-4-10(12)8-14)9-11-6-7-13(19-11)16(17)18/h6-7,10,12H,2-5,8-9,14H2,1H3. The van der Waals surface area contributed by atoms with Crippen LogP contribution >= 0.6 is 0 Å². The van der Waals surface area contributed by atoms with Gasteiger partial charge in [0.1, 0.15) is 10.7 Å². The first kappa shape index (κ1) is 14.0. The normalized spacial score (nSPS) is 23.1. The minimum Gasteiger partial charge on any atom is -0.404 e. The van der Waals surface area contributed by atoms with Crippen molar-refractivity contribution in [3.8, 4) is 0 Å². The highest BCUT2D eigenvalue weighted by Gasteiger charge is 2.31. The zero-order chi connectivity index (χ0) is 13.8. The number of hydrogen-bond donors (Lipinski definition) is 1. The van der Waals surface area contributed by atoms with Gasteiger partial charge in [-0.25, -0.2) is 0 Å². The highest BCUT2D eigenvalue weighted by Crippen LogP contribution is 2.30. The van der Waals surface area contributed by atoms with E-state index in [4.69, 9.17) is 10.2 Å². The van der Waals surface area contributed by atoms with E-state index in [-0.39, 0.29) is 5.88 Å². The Kier molecular flexibility index (Phi) is 4.55. The largest absolute Gasteiger partial charge is 0.433 e. The molecule has 1 aliphatic carbocycles. The lowest BCUT2D eigenvalue weighted by molar-refractivity contribution is -0.402. The first-order chi connectivity index (χ1) is 9.15. The number of nitrogens with zero attached hydrogens (tertiary/aromatic N) is 2. The third-order valence-electron chi connectivity index (χ3n) is 3.98. The summed E-state index contributed by atoms with van der Waals surface area (Å²) in [5.74, 6) is 0.994. The minimum absolute atomic E-state index is 0.187. The van der Waals surface area contributed by atoms with Crippen LogP contribution in [-0.2, 0) is 6.54 Å². The Morgan fingerprint density at radius 3 is 2.89 bits per heavy atom. The Morgan fingerprint density at radius 1 is 1.53 bits per heavy atom. The monoisotopic (exact) mass is 267 g/mol. The van der Waals surface area contributed by atoms with Crippen molar-refractivity contribution in [1.82, 2.24) is 4.90 Å². The van der Waals surface area contributed by atoms with E-state index in [0.29, 0.717) is 30.8 Å². The van der Waals surface area contributed by atoms with Gasteiger partial charge in [-0.2, -0.15) is 0 Å². The second-order valence-electron chi connectivity index (χ2n) is 5.05. The fraction of sp³-hybridized carbons (Fsp3) is 0.692. The number of nitrogens with two attached hydrogens (primary N) is 1.